The van der Waals surface area contributed by atoms with E-state index in [0.717, 1.165) is 11.0 Å². The van der Waals surface area contributed by atoms with Gasteiger partial charge >= 0.3 is 7.12 Å². The highest BCUT2D eigenvalue weighted by Crippen LogP contribution is 2.39. The molecule has 2 aliphatic heterocycles. The van der Waals surface area contributed by atoms with Crippen molar-refractivity contribution in [1.82, 2.24) is 0 Å². The van der Waals surface area contributed by atoms with E-state index in [2.05, 4.69) is 17.9 Å². The van der Waals surface area contributed by atoms with Crippen molar-refractivity contribution in [1.29, 1.82) is 0 Å². The molecule has 2 heterocycles. The molecule has 0 unspecified atom stereocenters. The largest absolute Gasteiger partial charge is 0.491 e. The molecule has 126 valence electrons. The van der Waals surface area contributed by atoms with E-state index in [0.29, 0.717) is 17.0 Å². The van der Waals surface area contributed by atoms with Crippen molar-refractivity contribution >= 4 is 43.2 Å². The van der Waals surface area contributed by atoms with Crippen LogP contribution in [0.4, 0.5) is 5.69 Å². The maximum atomic E-state index is 11.8. The molecule has 0 aliphatic carbocycles. The van der Waals surface area contributed by atoms with Crippen molar-refractivity contribution in [3.63, 3.8) is 0 Å². The van der Waals surface area contributed by atoms with Gasteiger partial charge in [0, 0.05) is 5.75 Å². The van der Waals surface area contributed by atoms with Crippen LogP contribution in [-0.4, -0.2) is 35.8 Å². The lowest BCUT2D eigenvalue weighted by Gasteiger charge is -2.32. The van der Waals surface area contributed by atoms with E-state index in [-0.39, 0.29) is 0 Å². The number of amides is 1. The molecule has 0 aromatic heterocycles. The number of hydrogen-bond acceptors (Lipinski definition) is 5. The summed E-state index contributed by atoms with van der Waals surface area (Å²) in [5, 5.41) is 2.54. The zero-order chi connectivity index (χ0) is 17.7. The SMILES string of the molecule is CC1(C)OB(C(=Cc2ccc3c(c2)C(=O)C(=O)N3)CS)OC1(C)C. The Morgan fingerprint density at radius 3 is 2.42 bits per heavy atom. The number of carbonyl (C=O) groups is 2. The van der Waals surface area contributed by atoms with Crippen molar-refractivity contribution in [2.45, 2.75) is 38.9 Å². The fraction of sp³-hybridized carbons (Fsp3) is 0.412. The van der Waals surface area contributed by atoms with Gasteiger partial charge in [0.05, 0.1) is 22.5 Å². The number of benzene rings is 1. The third-order valence-corrected chi connectivity index (χ3v) is 5.20. The maximum Gasteiger partial charge on any atom is 0.491 e. The Kier molecular flexibility index (Phi) is 4.14. The lowest BCUT2D eigenvalue weighted by molar-refractivity contribution is -0.112. The van der Waals surface area contributed by atoms with Gasteiger partial charge in [0.1, 0.15) is 0 Å². The average Bonchev–Trinajstić information content (AvgIpc) is 2.90. The molecule has 0 bridgehead atoms. The summed E-state index contributed by atoms with van der Waals surface area (Å²) < 4.78 is 12.1. The number of anilines is 1. The van der Waals surface area contributed by atoms with Crippen molar-refractivity contribution in [3.05, 3.63) is 34.8 Å². The van der Waals surface area contributed by atoms with Gasteiger partial charge in [0.15, 0.2) is 0 Å². The molecule has 1 aromatic carbocycles. The Balaban J connectivity index is 1.91. The Morgan fingerprint density at radius 1 is 1.21 bits per heavy atom. The predicted molar refractivity (Wildman–Crippen MR) is 97.3 cm³/mol. The van der Waals surface area contributed by atoms with Crippen molar-refractivity contribution in [2.75, 3.05) is 11.1 Å². The van der Waals surface area contributed by atoms with E-state index < -0.39 is 30.0 Å². The first-order valence-electron chi connectivity index (χ1n) is 7.81. The molecule has 5 nitrogen and oxygen atoms in total. The van der Waals surface area contributed by atoms with E-state index in [4.69, 9.17) is 9.31 Å². The topological polar surface area (TPSA) is 64.6 Å². The van der Waals surface area contributed by atoms with Gasteiger partial charge < -0.3 is 14.6 Å². The number of fused-ring (bicyclic) bond motifs is 1. The van der Waals surface area contributed by atoms with Crippen LogP contribution in [-0.2, 0) is 14.1 Å². The number of nitrogens with one attached hydrogen (secondary N) is 1. The Bertz CT molecular complexity index is 741. The minimum Gasteiger partial charge on any atom is -0.400 e. The molecule has 1 fully saturated rings. The summed E-state index contributed by atoms with van der Waals surface area (Å²) in [7, 11) is -0.490. The van der Waals surface area contributed by atoms with Gasteiger partial charge in [0.25, 0.3) is 11.7 Å². The zero-order valence-electron chi connectivity index (χ0n) is 14.2. The zero-order valence-corrected chi connectivity index (χ0v) is 15.1. The third-order valence-electron chi connectivity index (χ3n) is 4.83. The molecule has 0 spiro atoms. The first kappa shape index (κ1) is 17.3. The van der Waals surface area contributed by atoms with E-state index in [9.17, 15) is 9.59 Å². The minimum atomic E-state index is -0.591. The molecular formula is C17H20BNO4S. The van der Waals surface area contributed by atoms with Gasteiger partial charge in [-0.05, 0) is 50.9 Å². The van der Waals surface area contributed by atoms with Gasteiger partial charge in [-0.25, -0.2) is 0 Å². The van der Waals surface area contributed by atoms with E-state index >= 15 is 0 Å². The van der Waals surface area contributed by atoms with Crippen molar-refractivity contribution in [3.8, 4) is 0 Å². The van der Waals surface area contributed by atoms with Crippen LogP contribution in [0.1, 0.15) is 43.6 Å². The summed E-state index contributed by atoms with van der Waals surface area (Å²) in [6.45, 7) is 7.98. The van der Waals surface area contributed by atoms with Crippen LogP contribution in [0.2, 0.25) is 0 Å². The van der Waals surface area contributed by atoms with Crippen LogP contribution < -0.4 is 5.32 Å². The average molecular weight is 345 g/mol. The first-order chi connectivity index (χ1) is 11.1. The summed E-state index contributed by atoms with van der Waals surface area (Å²) in [5.74, 6) is -0.645. The number of Topliss-reactive ketones (excluding diaryl/α,β-unsaturated/α-hetero) is 1. The number of hydrogen-bond donors (Lipinski definition) is 2. The fourth-order valence-corrected chi connectivity index (χ4v) is 2.89. The van der Waals surface area contributed by atoms with Gasteiger partial charge in [-0.15, -0.1) is 0 Å². The second-order valence-electron chi connectivity index (χ2n) is 7.05. The number of thiol groups is 1. The van der Waals surface area contributed by atoms with Crippen LogP contribution in [0.5, 0.6) is 0 Å². The van der Waals surface area contributed by atoms with Gasteiger partial charge in [-0.2, -0.15) is 12.6 Å². The standard InChI is InChI=1S/C17H20BNO4S/c1-16(2)17(3,4)23-18(22-16)11(9-24)7-10-5-6-13-12(8-10)14(20)15(21)19-13/h5-8,24H,9H2,1-4H3,(H,19,20,21). The summed E-state index contributed by atoms with van der Waals surface area (Å²) >= 11 is 4.39. The van der Waals surface area contributed by atoms with Crippen LogP contribution >= 0.6 is 12.6 Å². The summed E-state index contributed by atoms with van der Waals surface area (Å²) in [6, 6.07) is 5.26. The van der Waals surface area contributed by atoms with Crippen LogP contribution in [0.25, 0.3) is 6.08 Å². The predicted octanol–water partition coefficient (Wildman–Crippen LogP) is 2.77. The van der Waals surface area contributed by atoms with Crippen LogP contribution in [0.15, 0.2) is 23.7 Å². The normalized spacial score (nSPS) is 21.9. The third kappa shape index (κ3) is 2.81. The second-order valence-corrected chi connectivity index (χ2v) is 7.37. The smallest absolute Gasteiger partial charge is 0.400 e. The highest BCUT2D eigenvalue weighted by atomic mass is 32.1. The number of carbonyl (C=O) groups excluding carboxylic acids is 2. The molecule has 0 radical (unpaired) electrons. The van der Waals surface area contributed by atoms with Crippen molar-refractivity contribution < 1.29 is 18.9 Å². The number of ketones is 1. The van der Waals surface area contributed by atoms with E-state index in [1.807, 2.05) is 39.8 Å². The molecule has 1 amide bonds. The van der Waals surface area contributed by atoms with Gasteiger partial charge in [-0.1, -0.05) is 12.1 Å². The molecule has 3 rings (SSSR count). The Hall–Kier alpha value is -1.57. The first-order valence-corrected chi connectivity index (χ1v) is 8.44. The fourth-order valence-electron chi connectivity index (χ4n) is 2.65. The quantitative estimate of drug-likeness (QED) is 0.502. The molecule has 0 atom stereocenters. The Morgan fingerprint density at radius 2 is 1.83 bits per heavy atom. The van der Waals surface area contributed by atoms with Crippen LogP contribution in [0.3, 0.4) is 0 Å². The lowest BCUT2D eigenvalue weighted by atomic mass is 9.78. The summed E-state index contributed by atoms with van der Waals surface area (Å²) in [4.78, 5) is 23.3. The second kappa shape index (κ2) is 5.76. The lowest BCUT2D eigenvalue weighted by Crippen LogP contribution is -2.41. The van der Waals surface area contributed by atoms with Crippen molar-refractivity contribution in [2.24, 2.45) is 0 Å². The molecular weight excluding hydrogens is 325 g/mol. The molecule has 1 aromatic rings. The monoisotopic (exact) mass is 345 g/mol. The summed E-state index contributed by atoms with van der Waals surface area (Å²) in [5.41, 5.74) is 1.75. The highest BCUT2D eigenvalue weighted by Gasteiger charge is 2.52. The highest BCUT2D eigenvalue weighted by molar-refractivity contribution is 7.80. The maximum absolute atomic E-state index is 11.8. The molecule has 24 heavy (non-hydrogen) atoms. The minimum absolute atomic E-state index is 0.390. The number of rotatable bonds is 3. The van der Waals surface area contributed by atoms with Crippen LogP contribution in [0, 0.1) is 0 Å². The van der Waals surface area contributed by atoms with Gasteiger partial charge in [0.2, 0.25) is 0 Å². The Labute approximate surface area is 147 Å². The molecule has 1 saturated heterocycles. The molecule has 0 saturated carbocycles. The van der Waals surface area contributed by atoms with E-state index in [1.165, 1.54) is 0 Å². The van der Waals surface area contributed by atoms with Gasteiger partial charge in [-0.3, -0.25) is 9.59 Å². The molecule has 7 heteroatoms. The van der Waals surface area contributed by atoms with E-state index in [1.54, 1.807) is 12.1 Å². The molecule has 2 aliphatic rings. The summed E-state index contributed by atoms with van der Waals surface area (Å²) in [6.07, 6.45) is 1.89. The molecule has 1 N–H and O–H groups in total.